The lowest BCUT2D eigenvalue weighted by atomic mass is 9.89. The van der Waals surface area contributed by atoms with Gasteiger partial charge in [0.15, 0.2) is 0 Å². The molecule has 12 heteroatoms. The molecule has 5 aromatic carbocycles. The Hall–Kier alpha value is -6.29. The van der Waals surface area contributed by atoms with Gasteiger partial charge in [0.1, 0.15) is 30.8 Å². The third kappa shape index (κ3) is 11.3. The SMILES string of the molecule is Cc1c(COc2cc(OCc3cncc(C#N)c3)c(CNCCCC(=O)O)cc2Cl)cccc1-c1cccc(-c2ccc3c(CNCC(O)CC(=O)O)cccc3c2)c1C. The first-order valence-electron chi connectivity index (χ1n) is 19.7. The summed E-state index contributed by atoms with van der Waals surface area (Å²) >= 11 is 6.80. The van der Waals surface area contributed by atoms with E-state index < -0.39 is 18.0 Å². The second-order valence-corrected chi connectivity index (χ2v) is 15.0. The summed E-state index contributed by atoms with van der Waals surface area (Å²) in [6.45, 7) is 6.22. The monoisotopic (exact) mass is 826 g/mol. The maximum absolute atomic E-state index is 11.0. The molecule has 1 aromatic heterocycles. The van der Waals surface area contributed by atoms with Crippen LogP contribution in [0, 0.1) is 25.2 Å². The molecule has 0 aliphatic carbocycles. The molecule has 0 spiro atoms. The number of hydrogen-bond acceptors (Lipinski definition) is 9. The average molecular weight is 827 g/mol. The zero-order valence-electron chi connectivity index (χ0n) is 33.5. The summed E-state index contributed by atoms with van der Waals surface area (Å²) in [7, 11) is 0. The van der Waals surface area contributed by atoms with Crippen molar-refractivity contribution in [3.05, 3.63) is 147 Å². The van der Waals surface area contributed by atoms with Crippen molar-refractivity contribution in [2.24, 2.45) is 0 Å². The lowest BCUT2D eigenvalue weighted by Crippen LogP contribution is -2.28. The molecule has 6 aromatic rings. The van der Waals surface area contributed by atoms with Crippen molar-refractivity contribution in [3.63, 3.8) is 0 Å². The van der Waals surface area contributed by atoms with Gasteiger partial charge in [-0.3, -0.25) is 14.6 Å². The van der Waals surface area contributed by atoms with Crippen LogP contribution in [0.1, 0.15) is 58.2 Å². The van der Waals surface area contributed by atoms with Crippen molar-refractivity contribution in [3.8, 4) is 39.8 Å². The lowest BCUT2D eigenvalue weighted by molar-refractivity contribution is -0.139. The van der Waals surface area contributed by atoms with E-state index in [-0.39, 0.29) is 32.6 Å². The molecule has 0 fully saturated rings. The number of nitrogens with zero attached hydrogens (tertiary/aromatic N) is 2. The summed E-state index contributed by atoms with van der Waals surface area (Å²) in [6.07, 6.45) is 2.43. The Morgan fingerprint density at radius 1 is 0.783 bits per heavy atom. The van der Waals surface area contributed by atoms with E-state index in [1.54, 1.807) is 24.4 Å². The molecule has 0 saturated heterocycles. The average Bonchev–Trinajstić information content (AvgIpc) is 3.23. The maximum Gasteiger partial charge on any atom is 0.306 e. The second kappa shape index (κ2) is 20.6. The fourth-order valence-electron chi connectivity index (χ4n) is 7.18. The van der Waals surface area contributed by atoms with Crippen molar-refractivity contribution < 1.29 is 34.4 Å². The minimum atomic E-state index is -1.03. The maximum atomic E-state index is 11.0. The number of fused-ring (bicyclic) bond motifs is 1. The molecule has 1 unspecified atom stereocenters. The number of ether oxygens (including phenoxy) is 2. The van der Waals surface area contributed by atoms with Gasteiger partial charge >= 0.3 is 11.9 Å². The van der Waals surface area contributed by atoms with E-state index in [2.05, 4.69) is 84.1 Å². The molecule has 0 amide bonds. The van der Waals surface area contributed by atoms with E-state index in [9.17, 15) is 20.0 Å². The van der Waals surface area contributed by atoms with Crippen LogP contribution in [0.5, 0.6) is 11.5 Å². The number of aliphatic carboxylic acids is 2. The predicted molar refractivity (Wildman–Crippen MR) is 232 cm³/mol. The van der Waals surface area contributed by atoms with Crippen molar-refractivity contribution in [2.75, 3.05) is 13.1 Å². The predicted octanol–water partition coefficient (Wildman–Crippen LogP) is 8.75. The molecule has 0 radical (unpaired) electrons. The second-order valence-electron chi connectivity index (χ2n) is 14.6. The smallest absolute Gasteiger partial charge is 0.306 e. The molecule has 1 heterocycles. The van der Waals surface area contributed by atoms with Crippen molar-refractivity contribution >= 4 is 34.3 Å². The first-order chi connectivity index (χ1) is 29.0. The van der Waals surface area contributed by atoms with E-state index >= 15 is 0 Å². The van der Waals surface area contributed by atoms with Crippen LogP contribution in [0.25, 0.3) is 33.0 Å². The van der Waals surface area contributed by atoms with Gasteiger partial charge in [0, 0.05) is 55.6 Å². The number of pyridine rings is 1. The molecule has 0 saturated carbocycles. The highest BCUT2D eigenvalue weighted by molar-refractivity contribution is 6.32. The van der Waals surface area contributed by atoms with Crippen LogP contribution in [0.3, 0.4) is 0 Å². The molecule has 0 bridgehead atoms. The molecule has 0 aliphatic heterocycles. The minimum Gasteiger partial charge on any atom is -0.488 e. The van der Waals surface area contributed by atoms with E-state index in [1.807, 2.05) is 24.3 Å². The molecule has 11 nitrogen and oxygen atoms in total. The number of halogens is 1. The van der Waals surface area contributed by atoms with Gasteiger partial charge in [0.25, 0.3) is 0 Å². The molecule has 60 heavy (non-hydrogen) atoms. The number of carboxylic acid groups (broad SMARTS) is 2. The van der Waals surface area contributed by atoms with Gasteiger partial charge in [-0.2, -0.15) is 5.26 Å². The highest BCUT2D eigenvalue weighted by Gasteiger charge is 2.16. The van der Waals surface area contributed by atoms with Gasteiger partial charge in [-0.25, -0.2) is 0 Å². The van der Waals surface area contributed by atoms with Crippen LogP contribution in [-0.4, -0.2) is 51.4 Å². The number of aromatic nitrogens is 1. The Morgan fingerprint density at radius 2 is 1.50 bits per heavy atom. The number of nitrogens with one attached hydrogen (secondary N) is 2. The number of carbonyl (C=O) groups is 2. The topological polar surface area (TPSA) is 174 Å². The summed E-state index contributed by atoms with van der Waals surface area (Å²) in [6, 6.07) is 32.4. The highest BCUT2D eigenvalue weighted by Crippen LogP contribution is 2.37. The van der Waals surface area contributed by atoms with Crippen molar-refractivity contribution in [1.82, 2.24) is 15.6 Å². The van der Waals surface area contributed by atoms with Gasteiger partial charge in [-0.1, -0.05) is 78.3 Å². The summed E-state index contributed by atoms with van der Waals surface area (Å²) in [5.41, 5.74) is 10.6. The number of aliphatic hydroxyl groups excluding tert-OH is 1. The minimum absolute atomic E-state index is 0.0664. The van der Waals surface area contributed by atoms with E-state index in [0.717, 1.165) is 66.4 Å². The normalized spacial score (nSPS) is 11.6. The Kier molecular flexibility index (Phi) is 14.9. The number of benzene rings is 5. The highest BCUT2D eigenvalue weighted by atomic mass is 35.5. The number of hydrogen-bond donors (Lipinski definition) is 5. The summed E-state index contributed by atoms with van der Waals surface area (Å²) in [5.74, 6) is -0.895. The van der Waals surface area contributed by atoms with E-state index in [4.69, 9.17) is 31.3 Å². The number of aliphatic hydroxyl groups is 1. The zero-order valence-corrected chi connectivity index (χ0v) is 34.3. The molecule has 0 aliphatic rings. The third-order valence-corrected chi connectivity index (χ3v) is 10.6. The molecular weight excluding hydrogens is 780 g/mol. The molecule has 5 N–H and O–H groups in total. The molecule has 308 valence electrons. The van der Waals surface area contributed by atoms with Gasteiger partial charge < -0.3 is 35.4 Å². The third-order valence-electron chi connectivity index (χ3n) is 10.3. The fraction of sp³-hybridized carbons (Fsp3) is 0.250. The standard InChI is InChI=1S/C48H47ClN4O7/c1-30-37(29-60-46-21-45(59-28-33-17-32(22-50)23-52-24-33)38(19-44(46)49)26-51-16-6-13-47(55)56)9-4-11-41(30)42-12-5-10-40(31(42)2)35-14-15-43-34(18-35)7-3-8-36(43)25-53-27-39(54)20-48(57)58/h3-5,7-12,14-15,17-19,21,23-24,39,51,53-54H,6,13,16,20,25-29H2,1-2H3,(H,55,56)(H,57,58). The van der Waals surface area contributed by atoms with Crippen LogP contribution >= 0.6 is 11.6 Å². The number of carboxylic acids is 2. The van der Waals surface area contributed by atoms with Crippen LogP contribution in [-0.2, 0) is 35.9 Å². The summed E-state index contributed by atoms with van der Waals surface area (Å²) < 4.78 is 12.6. The number of nitriles is 1. The van der Waals surface area contributed by atoms with Crippen LogP contribution < -0.4 is 20.1 Å². The van der Waals surface area contributed by atoms with Crippen LogP contribution in [0.15, 0.2) is 103 Å². The summed E-state index contributed by atoms with van der Waals surface area (Å²) in [4.78, 5) is 26.0. The fourth-order valence-corrected chi connectivity index (χ4v) is 7.42. The van der Waals surface area contributed by atoms with Crippen LogP contribution in [0.4, 0.5) is 0 Å². The van der Waals surface area contributed by atoms with Gasteiger partial charge in [-0.05, 0) is 100 Å². The number of rotatable bonds is 20. The van der Waals surface area contributed by atoms with Crippen LogP contribution in [0.2, 0.25) is 5.02 Å². The lowest BCUT2D eigenvalue weighted by Gasteiger charge is -2.18. The van der Waals surface area contributed by atoms with Crippen molar-refractivity contribution in [2.45, 2.75) is 65.5 Å². The largest absolute Gasteiger partial charge is 0.488 e. The first kappa shape index (κ1) is 43.3. The van der Waals surface area contributed by atoms with Gasteiger partial charge in [-0.15, -0.1) is 0 Å². The first-order valence-corrected chi connectivity index (χ1v) is 20.0. The molecular formula is C48H47ClN4O7. The molecule has 6 rings (SSSR count). The summed E-state index contributed by atoms with van der Waals surface area (Å²) in [5, 5.41) is 46.2. The zero-order chi connectivity index (χ0) is 42.6. The Balaban J connectivity index is 1.20. The Labute approximate surface area is 354 Å². The Morgan fingerprint density at radius 3 is 2.28 bits per heavy atom. The molecule has 1 atom stereocenters. The van der Waals surface area contributed by atoms with E-state index in [0.29, 0.717) is 48.1 Å². The van der Waals surface area contributed by atoms with E-state index in [1.165, 1.54) is 6.20 Å². The Bertz CT molecular complexity index is 2540. The quantitative estimate of drug-likeness (QED) is 0.0466. The van der Waals surface area contributed by atoms with Gasteiger partial charge in [0.05, 0.1) is 23.1 Å². The van der Waals surface area contributed by atoms with Crippen molar-refractivity contribution in [1.29, 1.82) is 5.26 Å². The van der Waals surface area contributed by atoms with Gasteiger partial charge in [0.2, 0.25) is 0 Å².